The second-order valence-electron chi connectivity index (χ2n) is 4.49. The van der Waals surface area contributed by atoms with Gasteiger partial charge in [-0.1, -0.05) is 6.07 Å². The summed E-state index contributed by atoms with van der Waals surface area (Å²) in [6.07, 6.45) is -0.694. The highest BCUT2D eigenvalue weighted by atomic mass is 19.1. The Morgan fingerprint density at radius 2 is 2.12 bits per heavy atom. The van der Waals surface area contributed by atoms with Crippen molar-refractivity contribution < 1.29 is 14.3 Å². The molecule has 0 aliphatic heterocycles. The summed E-state index contributed by atoms with van der Waals surface area (Å²) in [5.41, 5.74) is -0.388. The lowest BCUT2D eigenvalue weighted by Crippen LogP contribution is -2.52. The molecule has 94 valence electrons. The fourth-order valence-electron chi connectivity index (χ4n) is 1.13. The van der Waals surface area contributed by atoms with Crippen LogP contribution in [0.1, 0.15) is 20.8 Å². The van der Waals surface area contributed by atoms with Gasteiger partial charge >= 0.3 is 6.03 Å². The smallest absolute Gasteiger partial charge is 0.319 e. The number of rotatable bonds is 3. The number of aliphatic hydroxyl groups is 1. The molecule has 1 unspecified atom stereocenters. The number of urea groups is 1. The molecular weight excluding hydrogens is 223 g/mol. The summed E-state index contributed by atoms with van der Waals surface area (Å²) < 4.78 is 12.9. The number of carbonyl (C=O) groups is 1. The number of benzene rings is 1. The van der Waals surface area contributed by atoms with Gasteiger partial charge in [0, 0.05) is 5.69 Å². The van der Waals surface area contributed by atoms with Crippen molar-refractivity contribution in [3.8, 4) is 0 Å². The molecule has 0 saturated heterocycles. The standard InChI is InChI=1S/C12H17FN2O2/c1-8(16)12(2,3)15-11(17)14-10-6-4-5-9(13)7-10/h4-8,16H,1-3H3,(H2,14,15,17). The van der Waals surface area contributed by atoms with Crippen LogP contribution < -0.4 is 10.6 Å². The largest absolute Gasteiger partial charge is 0.391 e. The van der Waals surface area contributed by atoms with Gasteiger partial charge in [-0.25, -0.2) is 9.18 Å². The van der Waals surface area contributed by atoms with E-state index < -0.39 is 23.5 Å². The van der Waals surface area contributed by atoms with E-state index in [1.807, 2.05) is 0 Å². The second-order valence-corrected chi connectivity index (χ2v) is 4.49. The average molecular weight is 240 g/mol. The number of nitrogens with one attached hydrogen (secondary N) is 2. The van der Waals surface area contributed by atoms with Crippen molar-refractivity contribution in [3.63, 3.8) is 0 Å². The molecule has 0 bridgehead atoms. The third-order valence-electron chi connectivity index (χ3n) is 2.56. The number of aliphatic hydroxyl groups excluding tert-OH is 1. The molecular formula is C12H17FN2O2. The van der Waals surface area contributed by atoms with E-state index in [9.17, 15) is 14.3 Å². The van der Waals surface area contributed by atoms with Crippen molar-refractivity contribution >= 4 is 11.7 Å². The first-order valence-corrected chi connectivity index (χ1v) is 5.34. The highest BCUT2D eigenvalue weighted by molar-refractivity contribution is 5.89. The summed E-state index contributed by atoms with van der Waals surface area (Å²) >= 11 is 0. The predicted molar refractivity (Wildman–Crippen MR) is 64.3 cm³/mol. The third-order valence-corrected chi connectivity index (χ3v) is 2.56. The van der Waals surface area contributed by atoms with Crippen molar-refractivity contribution in [1.82, 2.24) is 5.32 Å². The van der Waals surface area contributed by atoms with Crippen LogP contribution in [0.4, 0.5) is 14.9 Å². The SMILES string of the molecule is CC(O)C(C)(C)NC(=O)Nc1cccc(F)c1. The van der Waals surface area contributed by atoms with Crippen LogP contribution in [0.25, 0.3) is 0 Å². The van der Waals surface area contributed by atoms with Gasteiger partial charge in [0.1, 0.15) is 5.82 Å². The summed E-state index contributed by atoms with van der Waals surface area (Å²) in [6.45, 7) is 4.98. The fourth-order valence-corrected chi connectivity index (χ4v) is 1.13. The molecule has 4 nitrogen and oxygen atoms in total. The molecule has 2 amide bonds. The fraction of sp³-hybridized carbons (Fsp3) is 0.417. The quantitative estimate of drug-likeness (QED) is 0.757. The van der Waals surface area contributed by atoms with Crippen molar-refractivity contribution in [3.05, 3.63) is 30.1 Å². The van der Waals surface area contributed by atoms with Crippen LogP contribution in [0.5, 0.6) is 0 Å². The van der Waals surface area contributed by atoms with Crippen LogP contribution in [-0.2, 0) is 0 Å². The van der Waals surface area contributed by atoms with Gasteiger partial charge in [-0.05, 0) is 39.0 Å². The lowest BCUT2D eigenvalue weighted by molar-refractivity contribution is 0.103. The Morgan fingerprint density at radius 1 is 1.47 bits per heavy atom. The number of anilines is 1. The molecule has 0 spiro atoms. The Balaban J connectivity index is 2.62. The highest BCUT2D eigenvalue weighted by Crippen LogP contribution is 2.11. The molecule has 0 heterocycles. The Morgan fingerprint density at radius 3 is 2.65 bits per heavy atom. The molecule has 0 aromatic heterocycles. The minimum atomic E-state index is -0.753. The van der Waals surface area contributed by atoms with Crippen molar-refractivity contribution in [2.24, 2.45) is 0 Å². The highest BCUT2D eigenvalue weighted by Gasteiger charge is 2.25. The van der Waals surface area contributed by atoms with E-state index in [1.165, 1.54) is 18.2 Å². The van der Waals surface area contributed by atoms with Gasteiger partial charge in [0.15, 0.2) is 0 Å². The summed E-state index contributed by atoms with van der Waals surface area (Å²) in [6, 6.07) is 5.11. The van der Waals surface area contributed by atoms with E-state index >= 15 is 0 Å². The van der Waals surface area contributed by atoms with E-state index in [4.69, 9.17) is 0 Å². The second kappa shape index (κ2) is 5.14. The molecule has 3 N–H and O–H groups in total. The first-order valence-electron chi connectivity index (χ1n) is 5.34. The summed E-state index contributed by atoms with van der Waals surface area (Å²) in [7, 11) is 0. The van der Waals surface area contributed by atoms with Gasteiger partial charge in [-0.2, -0.15) is 0 Å². The maximum atomic E-state index is 12.9. The number of hydrogen-bond acceptors (Lipinski definition) is 2. The molecule has 1 rings (SSSR count). The minimum Gasteiger partial charge on any atom is -0.391 e. The number of hydrogen-bond donors (Lipinski definition) is 3. The summed E-state index contributed by atoms with van der Waals surface area (Å²) in [4.78, 5) is 11.6. The molecule has 5 heteroatoms. The molecule has 0 aliphatic rings. The Labute approximate surface area is 99.8 Å². The lowest BCUT2D eigenvalue weighted by Gasteiger charge is -2.29. The number of amides is 2. The molecule has 1 aromatic carbocycles. The van der Waals surface area contributed by atoms with Crippen molar-refractivity contribution in [1.29, 1.82) is 0 Å². The van der Waals surface area contributed by atoms with Crippen LogP contribution in [0.2, 0.25) is 0 Å². The molecule has 0 aliphatic carbocycles. The molecule has 17 heavy (non-hydrogen) atoms. The van der Waals surface area contributed by atoms with Crippen LogP contribution in [0.3, 0.4) is 0 Å². The van der Waals surface area contributed by atoms with Crippen LogP contribution >= 0.6 is 0 Å². The minimum absolute atomic E-state index is 0.365. The van der Waals surface area contributed by atoms with Gasteiger partial charge < -0.3 is 15.7 Å². The maximum Gasteiger partial charge on any atom is 0.319 e. The van der Waals surface area contributed by atoms with Gasteiger partial charge in [0.05, 0.1) is 11.6 Å². The van der Waals surface area contributed by atoms with Gasteiger partial charge in [-0.15, -0.1) is 0 Å². The number of halogens is 1. The van der Waals surface area contributed by atoms with Crippen LogP contribution in [0, 0.1) is 5.82 Å². The van der Waals surface area contributed by atoms with E-state index in [0.717, 1.165) is 0 Å². The lowest BCUT2D eigenvalue weighted by atomic mass is 9.99. The zero-order chi connectivity index (χ0) is 13.1. The van der Waals surface area contributed by atoms with E-state index in [0.29, 0.717) is 5.69 Å². The topological polar surface area (TPSA) is 61.4 Å². The van der Waals surface area contributed by atoms with Crippen LogP contribution in [-0.4, -0.2) is 22.8 Å². The van der Waals surface area contributed by atoms with Gasteiger partial charge in [-0.3, -0.25) is 0 Å². The predicted octanol–water partition coefficient (Wildman–Crippen LogP) is 2.11. The first-order chi connectivity index (χ1) is 7.81. The van der Waals surface area contributed by atoms with E-state index in [-0.39, 0.29) is 0 Å². The maximum absolute atomic E-state index is 12.9. The van der Waals surface area contributed by atoms with Crippen molar-refractivity contribution in [2.45, 2.75) is 32.4 Å². The van der Waals surface area contributed by atoms with Crippen LogP contribution in [0.15, 0.2) is 24.3 Å². The monoisotopic (exact) mass is 240 g/mol. The first kappa shape index (κ1) is 13.4. The third kappa shape index (κ3) is 4.03. The zero-order valence-corrected chi connectivity index (χ0v) is 10.1. The summed E-state index contributed by atoms with van der Waals surface area (Å²) in [5.74, 6) is -0.419. The molecule has 0 saturated carbocycles. The summed E-state index contributed by atoms with van der Waals surface area (Å²) in [5, 5.41) is 14.5. The molecule has 0 radical (unpaired) electrons. The Hall–Kier alpha value is -1.62. The average Bonchev–Trinajstić information content (AvgIpc) is 2.15. The van der Waals surface area contributed by atoms with E-state index in [1.54, 1.807) is 26.8 Å². The normalized spacial score (nSPS) is 13.0. The number of carbonyl (C=O) groups excluding carboxylic acids is 1. The van der Waals surface area contributed by atoms with Gasteiger partial charge in [0.25, 0.3) is 0 Å². The molecule has 1 aromatic rings. The Bertz CT molecular complexity index is 405. The molecule has 1 atom stereocenters. The zero-order valence-electron chi connectivity index (χ0n) is 10.1. The van der Waals surface area contributed by atoms with E-state index in [2.05, 4.69) is 10.6 Å². The Kier molecular flexibility index (Phi) is 4.07. The molecule has 0 fully saturated rings. The van der Waals surface area contributed by atoms with Gasteiger partial charge in [0.2, 0.25) is 0 Å². The van der Waals surface area contributed by atoms with Crippen molar-refractivity contribution in [2.75, 3.05) is 5.32 Å².